The maximum absolute atomic E-state index is 12.6. The number of aliphatic hydroxyl groups is 1. The zero-order chi connectivity index (χ0) is 30.4. The number of ether oxygens (including phenoxy) is 2. The molecule has 0 bridgehead atoms. The van der Waals surface area contributed by atoms with Gasteiger partial charge in [0, 0.05) is 37.3 Å². The maximum Gasteiger partial charge on any atom is 0.219 e. The van der Waals surface area contributed by atoms with E-state index in [2.05, 4.69) is 44.3 Å². The Labute approximate surface area is 255 Å². The minimum Gasteiger partial charge on any atom is -0.497 e. The molecule has 42 heavy (non-hydrogen) atoms. The number of benzene rings is 1. The van der Waals surface area contributed by atoms with Crippen molar-refractivity contribution < 1.29 is 24.2 Å². The van der Waals surface area contributed by atoms with Crippen molar-refractivity contribution >= 4 is 11.7 Å². The normalized spacial score (nSPS) is 24.6. The zero-order valence-corrected chi connectivity index (χ0v) is 26.8. The molecule has 2 aliphatic rings. The van der Waals surface area contributed by atoms with E-state index in [-0.39, 0.29) is 28.8 Å². The highest BCUT2D eigenvalue weighted by atomic mass is 16.5. The molecule has 1 heterocycles. The van der Waals surface area contributed by atoms with E-state index in [1.54, 1.807) is 7.11 Å². The van der Waals surface area contributed by atoms with Crippen LogP contribution in [-0.4, -0.2) is 48.8 Å². The lowest BCUT2D eigenvalue weighted by atomic mass is 9.67. The van der Waals surface area contributed by atoms with E-state index in [0.717, 1.165) is 95.8 Å². The molecule has 1 saturated heterocycles. The van der Waals surface area contributed by atoms with Crippen molar-refractivity contribution in [3.63, 3.8) is 0 Å². The predicted molar refractivity (Wildman–Crippen MR) is 170 cm³/mol. The Bertz CT molecular complexity index is 987. The van der Waals surface area contributed by atoms with Crippen molar-refractivity contribution in [2.45, 2.75) is 134 Å². The van der Waals surface area contributed by atoms with Crippen molar-refractivity contribution in [1.29, 1.82) is 0 Å². The number of Topliss-reactive ketones (excluding diaryl/α,β-unsaturated/α-hetero) is 1. The molecule has 3 rings (SSSR count). The number of unbranched alkanes of at least 4 members (excludes halogenated alkanes) is 5. The lowest BCUT2D eigenvalue weighted by Gasteiger charge is -2.45. The molecule has 0 spiro atoms. The first-order valence-electron chi connectivity index (χ1n) is 16.6. The molecule has 1 saturated carbocycles. The van der Waals surface area contributed by atoms with Crippen LogP contribution in [0.25, 0.3) is 0 Å². The first-order valence-corrected chi connectivity index (χ1v) is 16.6. The van der Waals surface area contributed by atoms with Gasteiger partial charge in [0.1, 0.15) is 11.5 Å². The summed E-state index contributed by atoms with van der Waals surface area (Å²) >= 11 is 0. The Kier molecular flexibility index (Phi) is 14.1. The van der Waals surface area contributed by atoms with Gasteiger partial charge in [0.05, 0.1) is 18.8 Å². The van der Waals surface area contributed by atoms with Crippen LogP contribution >= 0.6 is 0 Å². The third-order valence-electron chi connectivity index (χ3n) is 9.47. The molecule has 0 unspecified atom stereocenters. The van der Waals surface area contributed by atoms with E-state index in [0.29, 0.717) is 25.2 Å². The summed E-state index contributed by atoms with van der Waals surface area (Å²) in [5.74, 6) is 1.73. The molecule has 6 heteroatoms. The van der Waals surface area contributed by atoms with Gasteiger partial charge in [-0.25, -0.2) is 0 Å². The SMILES string of the molecule is CCCCC[C@H](O)C=C[C@@H]1CCC(=O)[C@@H]1CCCCCCC(=O)NCC[C@@]1(c2ccc(OC)cc2)CCOC(C)(C)C1. The van der Waals surface area contributed by atoms with Crippen LogP contribution in [-0.2, 0) is 19.7 Å². The van der Waals surface area contributed by atoms with Crippen molar-refractivity contribution in [3.8, 4) is 5.75 Å². The summed E-state index contributed by atoms with van der Waals surface area (Å²) in [6.07, 6.45) is 17.5. The summed E-state index contributed by atoms with van der Waals surface area (Å²) in [5, 5.41) is 13.4. The molecule has 0 aromatic heterocycles. The Morgan fingerprint density at radius 1 is 1.14 bits per heavy atom. The van der Waals surface area contributed by atoms with Crippen molar-refractivity contribution in [2.24, 2.45) is 11.8 Å². The van der Waals surface area contributed by atoms with Crippen LogP contribution < -0.4 is 10.1 Å². The van der Waals surface area contributed by atoms with Crippen LogP contribution in [0, 0.1) is 11.8 Å². The fraction of sp³-hybridized carbons (Fsp3) is 0.722. The Morgan fingerprint density at radius 2 is 1.90 bits per heavy atom. The van der Waals surface area contributed by atoms with E-state index in [9.17, 15) is 14.7 Å². The second-order valence-corrected chi connectivity index (χ2v) is 13.3. The highest BCUT2D eigenvalue weighted by Crippen LogP contribution is 2.44. The van der Waals surface area contributed by atoms with Crippen molar-refractivity contribution in [2.75, 3.05) is 20.3 Å². The highest BCUT2D eigenvalue weighted by molar-refractivity contribution is 5.83. The second-order valence-electron chi connectivity index (χ2n) is 13.3. The molecule has 2 fully saturated rings. The summed E-state index contributed by atoms with van der Waals surface area (Å²) in [4.78, 5) is 25.1. The van der Waals surface area contributed by atoms with Gasteiger partial charge in [-0.1, -0.05) is 69.7 Å². The van der Waals surface area contributed by atoms with E-state index >= 15 is 0 Å². The second kappa shape index (κ2) is 17.2. The number of hydrogen-bond acceptors (Lipinski definition) is 5. The lowest BCUT2D eigenvalue weighted by molar-refractivity contribution is -0.122. The van der Waals surface area contributed by atoms with Crippen LogP contribution in [0.4, 0.5) is 0 Å². The summed E-state index contributed by atoms with van der Waals surface area (Å²) in [6.45, 7) is 7.86. The number of ketones is 1. The topological polar surface area (TPSA) is 84.9 Å². The summed E-state index contributed by atoms with van der Waals surface area (Å²) in [6, 6.07) is 8.38. The van der Waals surface area contributed by atoms with E-state index in [4.69, 9.17) is 9.47 Å². The molecule has 1 aliphatic carbocycles. The molecule has 1 amide bonds. The zero-order valence-electron chi connectivity index (χ0n) is 26.8. The van der Waals surface area contributed by atoms with Gasteiger partial charge in [-0.3, -0.25) is 9.59 Å². The summed E-state index contributed by atoms with van der Waals surface area (Å²) < 4.78 is 11.4. The molecule has 1 aromatic carbocycles. The number of aliphatic hydroxyl groups excluding tert-OH is 1. The fourth-order valence-corrected chi connectivity index (χ4v) is 7.07. The van der Waals surface area contributed by atoms with Crippen LogP contribution in [0.15, 0.2) is 36.4 Å². The van der Waals surface area contributed by atoms with Gasteiger partial charge < -0.3 is 19.9 Å². The average molecular weight is 584 g/mol. The molecule has 2 N–H and O–H groups in total. The number of hydrogen-bond donors (Lipinski definition) is 2. The number of amides is 1. The van der Waals surface area contributed by atoms with Crippen LogP contribution in [0.1, 0.15) is 123 Å². The largest absolute Gasteiger partial charge is 0.497 e. The molecule has 1 aliphatic heterocycles. The lowest BCUT2D eigenvalue weighted by Crippen LogP contribution is -2.45. The van der Waals surface area contributed by atoms with Gasteiger partial charge in [-0.15, -0.1) is 0 Å². The highest BCUT2D eigenvalue weighted by Gasteiger charge is 2.41. The number of carbonyl (C=O) groups is 2. The Balaban J connectivity index is 1.35. The van der Waals surface area contributed by atoms with Gasteiger partial charge in [0.25, 0.3) is 0 Å². The van der Waals surface area contributed by atoms with Gasteiger partial charge in [0.2, 0.25) is 5.91 Å². The van der Waals surface area contributed by atoms with Gasteiger partial charge in [-0.2, -0.15) is 0 Å². The molecule has 4 atom stereocenters. The fourth-order valence-electron chi connectivity index (χ4n) is 7.07. The monoisotopic (exact) mass is 583 g/mol. The predicted octanol–water partition coefficient (Wildman–Crippen LogP) is 7.46. The van der Waals surface area contributed by atoms with Gasteiger partial charge in [0.15, 0.2) is 0 Å². The van der Waals surface area contributed by atoms with E-state index < -0.39 is 6.10 Å². The minimum absolute atomic E-state index is 0.0286. The number of carbonyl (C=O) groups excluding carboxylic acids is 2. The molecule has 6 nitrogen and oxygen atoms in total. The third kappa shape index (κ3) is 10.8. The van der Waals surface area contributed by atoms with E-state index in [1.165, 1.54) is 5.56 Å². The maximum atomic E-state index is 12.6. The minimum atomic E-state index is -0.393. The number of allylic oxidation sites excluding steroid dienone is 1. The molecule has 0 radical (unpaired) electrons. The van der Waals surface area contributed by atoms with Crippen LogP contribution in [0.3, 0.4) is 0 Å². The van der Waals surface area contributed by atoms with Crippen molar-refractivity contribution in [3.05, 3.63) is 42.0 Å². The average Bonchev–Trinajstić information content (AvgIpc) is 3.32. The molecule has 236 valence electrons. The number of rotatable bonds is 18. The molecular weight excluding hydrogens is 526 g/mol. The third-order valence-corrected chi connectivity index (χ3v) is 9.47. The summed E-state index contributed by atoms with van der Waals surface area (Å²) in [5.41, 5.74) is 1.06. The smallest absolute Gasteiger partial charge is 0.219 e. The Hall–Kier alpha value is -2.18. The molecule has 1 aromatic rings. The van der Waals surface area contributed by atoms with Crippen LogP contribution in [0.2, 0.25) is 0 Å². The quantitative estimate of drug-likeness (QED) is 0.138. The molecular formula is C36H57NO5. The Morgan fingerprint density at radius 3 is 2.62 bits per heavy atom. The first kappa shape index (κ1) is 34.3. The standard InChI is InChI=1S/C36H57NO5/c1-5-6-9-12-30(38)19-15-28-16-22-33(39)32(28)13-10-7-8-11-14-34(40)37-25-23-36(24-26-42-35(2,3)27-36)29-17-20-31(41-4)21-18-29/h15,17-21,28,30,32,38H,5-14,16,22-27H2,1-4H3,(H,37,40)/t28-,30+,32-,36-/m1/s1. The first-order chi connectivity index (χ1) is 20.2. The van der Waals surface area contributed by atoms with E-state index in [1.807, 2.05) is 18.2 Å². The summed E-state index contributed by atoms with van der Waals surface area (Å²) in [7, 11) is 1.69. The van der Waals surface area contributed by atoms with Crippen molar-refractivity contribution in [1.82, 2.24) is 5.32 Å². The van der Waals surface area contributed by atoms with Gasteiger partial charge in [-0.05, 0) is 82.4 Å². The number of nitrogens with one attached hydrogen (secondary N) is 1. The van der Waals surface area contributed by atoms with Gasteiger partial charge >= 0.3 is 0 Å². The number of methoxy groups -OCH3 is 1. The van der Waals surface area contributed by atoms with Crippen LogP contribution in [0.5, 0.6) is 5.75 Å².